The zero-order valence-electron chi connectivity index (χ0n) is 21.2. The van der Waals surface area contributed by atoms with Crippen molar-refractivity contribution in [2.24, 2.45) is 5.92 Å². The number of imide groups is 1. The minimum atomic E-state index is -4.65. The molecule has 6 rings (SSSR count). The average Bonchev–Trinajstić information content (AvgIpc) is 3.45. The van der Waals surface area contributed by atoms with E-state index in [9.17, 15) is 32.3 Å². The number of H-pyrrole nitrogens is 1. The normalized spacial score (nSPS) is 22.5. The second-order valence-electron chi connectivity index (χ2n) is 9.66. The van der Waals surface area contributed by atoms with Gasteiger partial charge in [0.05, 0.1) is 35.4 Å². The lowest BCUT2D eigenvalue weighted by Gasteiger charge is -2.30. The second kappa shape index (κ2) is 10.7. The molecule has 4 heterocycles. The molecule has 41 heavy (non-hydrogen) atoms. The Labute approximate surface area is 239 Å². The van der Waals surface area contributed by atoms with Crippen LogP contribution in [0, 0.1) is 5.92 Å². The molecule has 0 saturated carbocycles. The van der Waals surface area contributed by atoms with E-state index in [1.807, 2.05) is 0 Å². The number of rotatable bonds is 5. The highest BCUT2D eigenvalue weighted by molar-refractivity contribution is 8.00. The number of ether oxygens (including phenoxy) is 2. The molecule has 0 spiro atoms. The highest BCUT2D eigenvalue weighted by atomic mass is 32.2. The van der Waals surface area contributed by atoms with Crippen LogP contribution in [0.4, 0.5) is 18.9 Å². The van der Waals surface area contributed by atoms with Gasteiger partial charge in [-0.25, -0.2) is 4.90 Å². The summed E-state index contributed by atoms with van der Waals surface area (Å²) in [5.74, 6) is -2.88. The van der Waals surface area contributed by atoms with Gasteiger partial charge in [-0.2, -0.15) is 13.2 Å². The standard InChI is InChI=1S/C27H22F3N3O6S2/c28-27(29,30)15-4-2-5-16(12-15)33-24(35)20-19(21-23(31-26(37)41-21)40-22(20)25(33)36)14-3-1-6-17(11-14)39-13-18(34)32-7-9-38-10-8-32/h1-6,11-12,19-20,22H,7-10,13H2,(H,31,37). The number of benzene rings is 2. The van der Waals surface area contributed by atoms with Gasteiger partial charge in [-0.3, -0.25) is 19.2 Å². The molecule has 9 nitrogen and oxygen atoms in total. The zero-order chi connectivity index (χ0) is 28.9. The van der Waals surface area contributed by atoms with Crippen molar-refractivity contribution >= 4 is 46.5 Å². The van der Waals surface area contributed by atoms with Crippen LogP contribution in [0.25, 0.3) is 0 Å². The summed E-state index contributed by atoms with van der Waals surface area (Å²) in [6.07, 6.45) is -4.65. The molecule has 14 heteroatoms. The Morgan fingerprint density at radius 3 is 2.56 bits per heavy atom. The van der Waals surface area contributed by atoms with Gasteiger partial charge < -0.3 is 19.4 Å². The number of aromatic nitrogens is 1. The molecule has 3 aromatic rings. The molecule has 2 aromatic carbocycles. The van der Waals surface area contributed by atoms with Crippen LogP contribution in [0.5, 0.6) is 5.75 Å². The first-order valence-electron chi connectivity index (χ1n) is 12.6. The number of anilines is 1. The Balaban J connectivity index is 1.32. The molecule has 0 bridgehead atoms. The lowest BCUT2D eigenvalue weighted by atomic mass is 9.83. The van der Waals surface area contributed by atoms with E-state index in [1.54, 1.807) is 29.2 Å². The third-order valence-electron chi connectivity index (χ3n) is 7.20. The van der Waals surface area contributed by atoms with Gasteiger partial charge in [0.25, 0.3) is 5.91 Å². The molecule has 1 aromatic heterocycles. The van der Waals surface area contributed by atoms with E-state index in [-0.39, 0.29) is 23.1 Å². The predicted molar refractivity (Wildman–Crippen MR) is 143 cm³/mol. The van der Waals surface area contributed by atoms with Crippen LogP contribution in [-0.2, 0) is 25.3 Å². The van der Waals surface area contributed by atoms with Crippen molar-refractivity contribution < 1.29 is 37.0 Å². The quantitative estimate of drug-likeness (QED) is 0.444. The highest BCUT2D eigenvalue weighted by Gasteiger charge is 2.56. The third-order valence-corrected chi connectivity index (χ3v) is 9.60. The molecule has 1 N–H and O–H groups in total. The van der Waals surface area contributed by atoms with Crippen molar-refractivity contribution in [2.45, 2.75) is 22.4 Å². The number of morpholine rings is 1. The van der Waals surface area contributed by atoms with E-state index < -0.39 is 40.6 Å². The molecule has 2 saturated heterocycles. The summed E-state index contributed by atoms with van der Waals surface area (Å²) < 4.78 is 51.2. The Morgan fingerprint density at radius 2 is 1.80 bits per heavy atom. The fourth-order valence-electron chi connectivity index (χ4n) is 5.30. The molecule has 0 radical (unpaired) electrons. The van der Waals surface area contributed by atoms with E-state index in [0.717, 1.165) is 46.2 Å². The van der Waals surface area contributed by atoms with Crippen molar-refractivity contribution in [1.82, 2.24) is 9.88 Å². The summed E-state index contributed by atoms with van der Waals surface area (Å²) in [7, 11) is 0. The van der Waals surface area contributed by atoms with Gasteiger partial charge in [-0.15, -0.1) is 0 Å². The molecule has 3 unspecified atom stereocenters. The number of hydrogen-bond acceptors (Lipinski definition) is 8. The van der Waals surface area contributed by atoms with Gasteiger partial charge in [0, 0.05) is 23.9 Å². The molecule has 0 aliphatic carbocycles. The maximum absolute atomic E-state index is 13.8. The van der Waals surface area contributed by atoms with Crippen LogP contribution in [0.1, 0.15) is 21.9 Å². The lowest BCUT2D eigenvalue weighted by molar-refractivity contribution is -0.138. The maximum atomic E-state index is 13.8. The molecule has 3 aliphatic heterocycles. The first-order chi connectivity index (χ1) is 19.6. The number of nitrogens with one attached hydrogen (secondary N) is 1. The number of alkyl halides is 3. The Hall–Kier alpha value is -3.62. The van der Waals surface area contributed by atoms with Gasteiger partial charge in [0.2, 0.25) is 11.8 Å². The molecule has 3 aliphatic rings. The van der Waals surface area contributed by atoms with Crippen molar-refractivity contribution in [2.75, 3.05) is 37.8 Å². The van der Waals surface area contributed by atoms with E-state index in [0.29, 0.717) is 47.5 Å². The first-order valence-corrected chi connectivity index (χ1v) is 14.3. The van der Waals surface area contributed by atoms with Gasteiger partial charge in [-0.1, -0.05) is 41.3 Å². The van der Waals surface area contributed by atoms with E-state index >= 15 is 0 Å². The average molecular weight is 606 g/mol. The number of thioether (sulfide) groups is 1. The lowest BCUT2D eigenvalue weighted by Crippen LogP contribution is -2.42. The molecule has 2 fully saturated rings. The van der Waals surface area contributed by atoms with Gasteiger partial charge in [0.15, 0.2) is 6.61 Å². The number of aromatic amines is 1. The number of amides is 3. The SMILES string of the molecule is O=C(COc1cccc(C2c3sc(=O)[nH]c3SC3C(=O)N(c4cccc(C(F)(F)F)c4)C(=O)C32)c1)N1CCOCC1. The summed E-state index contributed by atoms with van der Waals surface area (Å²) in [6, 6.07) is 10.8. The Morgan fingerprint density at radius 1 is 1.05 bits per heavy atom. The Bertz CT molecular complexity index is 1580. The highest BCUT2D eigenvalue weighted by Crippen LogP contribution is 2.53. The van der Waals surface area contributed by atoms with Crippen LogP contribution in [0.3, 0.4) is 0 Å². The van der Waals surface area contributed by atoms with Crippen LogP contribution >= 0.6 is 23.1 Å². The van der Waals surface area contributed by atoms with Gasteiger partial charge in [-0.05, 0) is 35.9 Å². The van der Waals surface area contributed by atoms with Crippen molar-refractivity contribution in [3.63, 3.8) is 0 Å². The third kappa shape index (κ3) is 5.15. The van der Waals surface area contributed by atoms with Gasteiger partial charge in [0.1, 0.15) is 11.0 Å². The fourth-order valence-corrected chi connectivity index (χ4v) is 7.81. The number of nitrogens with zero attached hydrogens (tertiary/aromatic N) is 2. The summed E-state index contributed by atoms with van der Waals surface area (Å²) in [6.45, 7) is 1.64. The van der Waals surface area contributed by atoms with Gasteiger partial charge >= 0.3 is 11.0 Å². The van der Waals surface area contributed by atoms with Crippen molar-refractivity contribution in [3.8, 4) is 5.75 Å². The molecular weight excluding hydrogens is 583 g/mol. The van der Waals surface area contributed by atoms with Crippen LogP contribution < -0.4 is 14.5 Å². The van der Waals surface area contributed by atoms with E-state index in [1.165, 1.54) is 6.07 Å². The number of hydrogen-bond donors (Lipinski definition) is 1. The fraction of sp³-hybridized carbons (Fsp3) is 0.333. The van der Waals surface area contributed by atoms with Crippen LogP contribution in [0.15, 0.2) is 58.4 Å². The summed E-state index contributed by atoms with van der Waals surface area (Å²) >= 11 is 1.94. The number of thiazole rings is 1. The van der Waals surface area contributed by atoms with Crippen LogP contribution in [0.2, 0.25) is 0 Å². The summed E-state index contributed by atoms with van der Waals surface area (Å²) in [4.78, 5) is 57.6. The summed E-state index contributed by atoms with van der Waals surface area (Å²) in [5, 5.41) is -0.528. The number of fused-ring (bicyclic) bond motifs is 2. The number of carbonyl (C=O) groups is 3. The second-order valence-corrected chi connectivity index (χ2v) is 11.8. The topological polar surface area (TPSA) is 109 Å². The predicted octanol–water partition coefficient (Wildman–Crippen LogP) is 3.49. The molecule has 3 amide bonds. The minimum Gasteiger partial charge on any atom is -0.484 e. The summed E-state index contributed by atoms with van der Waals surface area (Å²) in [5.41, 5.74) is -0.575. The van der Waals surface area contributed by atoms with E-state index in [4.69, 9.17) is 9.47 Å². The van der Waals surface area contributed by atoms with Crippen LogP contribution in [-0.4, -0.2) is 65.8 Å². The smallest absolute Gasteiger partial charge is 0.416 e. The first kappa shape index (κ1) is 27.5. The number of carbonyl (C=O) groups excluding carboxylic acids is 3. The minimum absolute atomic E-state index is 0.167. The van der Waals surface area contributed by atoms with E-state index in [2.05, 4.69) is 4.98 Å². The zero-order valence-corrected chi connectivity index (χ0v) is 22.8. The molecule has 214 valence electrons. The Kier molecular flexibility index (Phi) is 7.16. The monoisotopic (exact) mass is 605 g/mol. The largest absolute Gasteiger partial charge is 0.484 e. The molecule has 3 atom stereocenters. The van der Waals surface area contributed by atoms with Crippen molar-refractivity contribution in [1.29, 1.82) is 0 Å². The van der Waals surface area contributed by atoms with Crippen molar-refractivity contribution in [3.05, 3.63) is 74.2 Å². The maximum Gasteiger partial charge on any atom is 0.416 e. The number of halogens is 3. The molecular formula is C27H22F3N3O6S2.